The molecule has 1 aromatic carbocycles. The average molecular weight is 379 g/mol. The number of carboxylic acids is 1. The molecule has 0 radical (unpaired) electrons. The van der Waals surface area contributed by atoms with E-state index in [4.69, 9.17) is 10.3 Å². The largest absolute Gasteiger partial charge is 0.481 e. The highest BCUT2D eigenvalue weighted by molar-refractivity contribution is 6.01. The van der Waals surface area contributed by atoms with Crippen LogP contribution in [-0.4, -0.2) is 40.0 Å². The molecule has 1 aromatic rings. The first kappa shape index (κ1) is 22.1. The van der Waals surface area contributed by atoms with Gasteiger partial charge in [-0.3, -0.25) is 24.4 Å². The Bertz CT molecular complexity index is 662. The molecule has 3 amide bonds. The van der Waals surface area contributed by atoms with E-state index in [1.165, 1.54) is 5.48 Å². The number of carbonyl (C=O) groups is 4. The van der Waals surface area contributed by atoms with E-state index in [0.29, 0.717) is 0 Å². The van der Waals surface area contributed by atoms with Crippen molar-refractivity contribution in [2.75, 3.05) is 0 Å². The lowest BCUT2D eigenvalue weighted by Gasteiger charge is -2.21. The Morgan fingerprint density at radius 1 is 1.00 bits per heavy atom. The monoisotopic (exact) mass is 379 g/mol. The molecule has 1 unspecified atom stereocenters. The Kier molecular flexibility index (Phi) is 8.94. The number of hydroxylamine groups is 1. The molecule has 0 bridgehead atoms. The Morgan fingerprint density at radius 3 is 2.15 bits per heavy atom. The molecular weight excluding hydrogens is 354 g/mol. The predicted molar refractivity (Wildman–Crippen MR) is 95.3 cm³/mol. The summed E-state index contributed by atoms with van der Waals surface area (Å²) in [7, 11) is 0. The zero-order chi connectivity index (χ0) is 20.4. The van der Waals surface area contributed by atoms with Crippen LogP contribution in [0.3, 0.4) is 0 Å². The van der Waals surface area contributed by atoms with E-state index in [1.807, 2.05) is 6.07 Å². The third-order valence-electron chi connectivity index (χ3n) is 3.77. The smallest absolute Gasteiger partial charge is 0.305 e. The molecule has 0 spiro atoms. The van der Waals surface area contributed by atoms with Gasteiger partial charge in [-0.25, -0.2) is 5.48 Å². The molecule has 1 rings (SSSR count). The van der Waals surface area contributed by atoms with Crippen molar-refractivity contribution in [3.05, 3.63) is 35.9 Å². The number of carbonyl (C=O) groups excluding carboxylic acids is 3. The van der Waals surface area contributed by atoms with Gasteiger partial charge >= 0.3 is 5.97 Å². The van der Waals surface area contributed by atoms with Crippen molar-refractivity contribution >= 4 is 23.7 Å². The van der Waals surface area contributed by atoms with Crippen molar-refractivity contribution in [2.45, 2.75) is 39.3 Å². The van der Waals surface area contributed by atoms with Crippen LogP contribution in [0.1, 0.15) is 32.3 Å². The predicted octanol–water partition coefficient (Wildman–Crippen LogP) is 0.430. The van der Waals surface area contributed by atoms with E-state index in [0.717, 1.165) is 5.56 Å². The summed E-state index contributed by atoms with van der Waals surface area (Å²) in [5.74, 6) is -4.98. The molecule has 9 heteroatoms. The minimum atomic E-state index is -1.35. The fraction of sp³-hybridized carbons (Fsp3) is 0.444. The van der Waals surface area contributed by atoms with Crippen molar-refractivity contribution in [3.63, 3.8) is 0 Å². The van der Waals surface area contributed by atoms with E-state index in [9.17, 15) is 19.2 Å². The summed E-state index contributed by atoms with van der Waals surface area (Å²) >= 11 is 0. The Morgan fingerprint density at radius 2 is 1.63 bits per heavy atom. The van der Waals surface area contributed by atoms with E-state index in [1.54, 1.807) is 38.1 Å². The van der Waals surface area contributed by atoms with E-state index < -0.39 is 42.1 Å². The number of hydrogen-bond acceptors (Lipinski definition) is 5. The first-order valence-corrected chi connectivity index (χ1v) is 8.52. The number of amides is 3. The molecule has 0 saturated heterocycles. The zero-order valence-corrected chi connectivity index (χ0v) is 15.3. The highest BCUT2D eigenvalue weighted by Crippen LogP contribution is 2.13. The summed E-state index contributed by atoms with van der Waals surface area (Å²) in [5, 5.41) is 22.7. The molecule has 148 valence electrons. The van der Waals surface area contributed by atoms with Crippen LogP contribution in [0.15, 0.2) is 30.3 Å². The minimum Gasteiger partial charge on any atom is -0.481 e. The minimum absolute atomic E-state index is 0.0390. The summed E-state index contributed by atoms with van der Waals surface area (Å²) in [6.45, 7) is 3.73. The van der Waals surface area contributed by atoms with Gasteiger partial charge < -0.3 is 15.7 Å². The van der Waals surface area contributed by atoms with Crippen molar-refractivity contribution in [3.8, 4) is 0 Å². The van der Waals surface area contributed by atoms with Gasteiger partial charge in [0.15, 0.2) is 0 Å². The summed E-state index contributed by atoms with van der Waals surface area (Å²) in [4.78, 5) is 47.5. The summed E-state index contributed by atoms with van der Waals surface area (Å²) in [5.41, 5.74) is 2.23. The standard InChI is InChI=1S/C18H25N3O6/c1-11(2)8-13(17(25)21-27)16(24)20-14(9-15(22)23)18(26)19-10-12-6-4-3-5-7-12/h3-7,11,13-14,27H,8-10H2,1-2H3,(H,19,26)(H,20,24)(H,21,25)(H,22,23)/t13?,14-/m0/s1. The molecule has 0 heterocycles. The van der Waals surface area contributed by atoms with Crippen LogP contribution in [-0.2, 0) is 25.7 Å². The fourth-order valence-electron chi connectivity index (χ4n) is 2.45. The lowest BCUT2D eigenvalue weighted by atomic mass is 9.95. The van der Waals surface area contributed by atoms with Crippen molar-refractivity contribution in [1.82, 2.24) is 16.1 Å². The van der Waals surface area contributed by atoms with Gasteiger partial charge in [-0.2, -0.15) is 0 Å². The highest BCUT2D eigenvalue weighted by Gasteiger charge is 2.31. The van der Waals surface area contributed by atoms with Crippen LogP contribution in [0, 0.1) is 11.8 Å². The number of benzene rings is 1. The molecule has 0 aliphatic rings. The number of rotatable bonds is 10. The van der Waals surface area contributed by atoms with E-state index in [2.05, 4.69) is 10.6 Å². The number of carboxylic acid groups (broad SMARTS) is 1. The van der Waals surface area contributed by atoms with Gasteiger partial charge in [0.1, 0.15) is 12.0 Å². The van der Waals surface area contributed by atoms with Crippen LogP contribution in [0.2, 0.25) is 0 Å². The first-order chi connectivity index (χ1) is 12.7. The van der Waals surface area contributed by atoms with Crippen molar-refractivity contribution in [1.29, 1.82) is 0 Å². The number of nitrogens with one attached hydrogen (secondary N) is 3. The molecule has 2 atom stereocenters. The molecular formula is C18H25N3O6. The van der Waals surface area contributed by atoms with Gasteiger partial charge in [0.25, 0.3) is 5.91 Å². The molecule has 0 aliphatic heterocycles. The second-order valence-corrected chi connectivity index (χ2v) is 6.52. The third-order valence-corrected chi connectivity index (χ3v) is 3.77. The first-order valence-electron chi connectivity index (χ1n) is 8.52. The maximum Gasteiger partial charge on any atom is 0.305 e. The summed E-state index contributed by atoms with van der Waals surface area (Å²) in [6.07, 6.45) is -0.509. The summed E-state index contributed by atoms with van der Waals surface area (Å²) in [6, 6.07) is 7.63. The molecule has 5 N–H and O–H groups in total. The van der Waals surface area contributed by atoms with Crippen LogP contribution < -0.4 is 16.1 Å². The third kappa shape index (κ3) is 7.87. The topological polar surface area (TPSA) is 145 Å². The lowest BCUT2D eigenvalue weighted by molar-refractivity contribution is -0.144. The SMILES string of the molecule is CC(C)CC(C(=O)NO)C(=O)N[C@@H](CC(=O)O)C(=O)NCc1ccccc1. The van der Waals surface area contributed by atoms with Gasteiger partial charge in [-0.15, -0.1) is 0 Å². The quantitative estimate of drug-likeness (QED) is 0.226. The molecule has 0 fully saturated rings. The number of aliphatic carboxylic acids is 1. The fourth-order valence-corrected chi connectivity index (χ4v) is 2.45. The molecule has 27 heavy (non-hydrogen) atoms. The molecule has 9 nitrogen and oxygen atoms in total. The Balaban J connectivity index is 2.81. The van der Waals surface area contributed by atoms with Gasteiger partial charge in [0, 0.05) is 6.54 Å². The average Bonchev–Trinajstić information content (AvgIpc) is 2.63. The van der Waals surface area contributed by atoms with Gasteiger partial charge in [-0.1, -0.05) is 44.2 Å². The van der Waals surface area contributed by atoms with E-state index >= 15 is 0 Å². The highest BCUT2D eigenvalue weighted by atomic mass is 16.5. The Labute approximate surface area is 157 Å². The molecule has 0 saturated carbocycles. The number of hydrogen-bond donors (Lipinski definition) is 5. The maximum atomic E-state index is 12.4. The van der Waals surface area contributed by atoms with Crippen LogP contribution in [0.4, 0.5) is 0 Å². The van der Waals surface area contributed by atoms with Crippen molar-refractivity contribution < 1.29 is 29.5 Å². The van der Waals surface area contributed by atoms with Crippen molar-refractivity contribution in [2.24, 2.45) is 11.8 Å². The van der Waals surface area contributed by atoms with Crippen LogP contribution in [0.5, 0.6) is 0 Å². The van der Waals surface area contributed by atoms with E-state index in [-0.39, 0.29) is 18.9 Å². The van der Waals surface area contributed by atoms with Gasteiger partial charge in [0.05, 0.1) is 6.42 Å². The van der Waals surface area contributed by atoms with Gasteiger partial charge in [-0.05, 0) is 17.9 Å². The van der Waals surface area contributed by atoms with Crippen LogP contribution in [0.25, 0.3) is 0 Å². The second-order valence-electron chi connectivity index (χ2n) is 6.52. The molecule has 0 aromatic heterocycles. The lowest BCUT2D eigenvalue weighted by Crippen LogP contribution is -2.51. The van der Waals surface area contributed by atoms with Crippen LogP contribution >= 0.6 is 0 Å². The maximum absolute atomic E-state index is 12.4. The molecule has 0 aliphatic carbocycles. The zero-order valence-electron chi connectivity index (χ0n) is 15.3. The van der Waals surface area contributed by atoms with Gasteiger partial charge in [0.2, 0.25) is 11.8 Å². The normalized spacial score (nSPS) is 12.7. The second kappa shape index (κ2) is 10.9. The summed E-state index contributed by atoms with van der Waals surface area (Å²) < 4.78 is 0. The Hall–Kier alpha value is -2.94.